The highest BCUT2D eigenvalue weighted by atomic mass is 35.5. The molecule has 15 heavy (non-hydrogen) atoms. The van der Waals surface area contributed by atoms with Crippen LogP contribution in [0.25, 0.3) is 0 Å². The predicted molar refractivity (Wildman–Crippen MR) is 58.2 cm³/mol. The predicted octanol–water partition coefficient (Wildman–Crippen LogP) is 1.60. The molecule has 2 rings (SSSR count). The number of ether oxygens (including phenoxy) is 1. The van der Waals surface area contributed by atoms with Crippen LogP contribution >= 0.6 is 11.6 Å². The van der Waals surface area contributed by atoms with Crippen molar-refractivity contribution < 1.29 is 4.74 Å². The minimum atomic E-state index is 0.225. The fourth-order valence-electron chi connectivity index (χ4n) is 1.39. The Hall–Kier alpha value is -0.870. The zero-order valence-electron chi connectivity index (χ0n) is 8.69. The average Bonchev–Trinajstić information content (AvgIpc) is 3.00. The molecule has 0 amide bonds. The van der Waals surface area contributed by atoms with Crippen LogP contribution in [0.5, 0.6) is 5.88 Å². The van der Waals surface area contributed by atoms with E-state index in [1.165, 1.54) is 12.8 Å². The summed E-state index contributed by atoms with van der Waals surface area (Å²) in [5.41, 5.74) is 0. The van der Waals surface area contributed by atoms with Crippen LogP contribution < -0.4 is 4.74 Å². The number of aromatic nitrogens is 2. The van der Waals surface area contributed by atoms with Gasteiger partial charge in [0.05, 0.1) is 0 Å². The van der Waals surface area contributed by atoms with Crippen molar-refractivity contribution >= 4 is 11.6 Å². The summed E-state index contributed by atoms with van der Waals surface area (Å²) in [5, 5.41) is 0.225. The molecule has 0 aliphatic heterocycles. The van der Waals surface area contributed by atoms with Crippen LogP contribution in [0.2, 0.25) is 5.28 Å². The molecule has 5 heteroatoms. The molecule has 0 N–H and O–H groups in total. The molecule has 1 heterocycles. The van der Waals surface area contributed by atoms with E-state index in [1.54, 1.807) is 12.3 Å². The highest BCUT2D eigenvalue weighted by Gasteiger charge is 2.25. The van der Waals surface area contributed by atoms with Gasteiger partial charge in [0.25, 0.3) is 0 Å². The number of halogens is 1. The van der Waals surface area contributed by atoms with E-state index in [0.29, 0.717) is 12.5 Å². The van der Waals surface area contributed by atoms with Crippen LogP contribution in [0.15, 0.2) is 12.3 Å². The van der Waals surface area contributed by atoms with Gasteiger partial charge in [-0.15, -0.1) is 0 Å². The number of nitrogens with zero attached hydrogens (tertiary/aromatic N) is 3. The van der Waals surface area contributed by atoms with Crippen LogP contribution in [0.1, 0.15) is 12.8 Å². The molecule has 0 unspecified atom stereocenters. The normalized spacial score (nSPS) is 15.7. The molecular formula is C10H14ClN3O. The van der Waals surface area contributed by atoms with Crippen LogP contribution in [0.3, 0.4) is 0 Å². The van der Waals surface area contributed by atoms with Gasteiger partial charge in [0.2, 0.25) is 11.2 Å². The zero-order valence-corrected chi connectivity index (χ0v) is 9.44. The largest absolute Gasteiger partial charge is 0.476 e. The van der Waals surface area contributed by atoms with E-state index in [1.807, 2.05) is 0 Å². The Morgan fingerprint density at radius 2 is 2.40 bits per heavy atom. The zero-order chi connectivity index (χ0) is 10.7. The summed E-state index contributed by atoms with van der Waals surface area (Å²) in [6.45, 7) is 1.56. The number of rotatable bonds is 5. The third kappa shape index (κ3) is 3.32. The van der Waals surface area contributed by atoms with Gasteiger partial charge in [-0.1, -0.05) is 0 Å². The quantitative estimate of drug-likeness (QED) is 0.717. The first kappa shape index (κ1) is 10.6. The molecular weight excluding hydrogens is 214 g/mol. The fraction of sp³-hybridized carbons (Fsp3) is 0.600. The van der Waals surface area contributed by atoms with E-state index in [0.717, 1.165) is 12.6 Å². The molecule has 1 fully saturated rings. The Morgan fingerprint density at radius 1 is 1.60 bits per heavy atom. The van der Waals surface area contributed by atoms with Gasteiger partial charge in [0.1, 0.15) is 6.61 Å². The van der Waals surface area contributed by atoms with Gasteiger partial charge in [-0.2, -0.15) is 4.98 Å². The summed E-state index contributed by atoms with van der Waals surface area (Å²) < 4.78 is 5.46. The molecule has 0 bridgehead atoms. The molecule has 82 valence electrons. The van der Waals surface area contributed by atoms with Crippen molar-refractivity contribution in [1.29, 1.82) is 0 Å². The standard InChI is InChI=1S/C10H14ClN3O/c1-14(8-2-3-8)6-7-15-9-4-5-12-10(11)13-9/h4-5,8H,2-3,6-7H2,1H3. The molecule has 0 aromatic carbocycles. The Balaban J connectivity index is 1.73. The van der Waals surface area contributed by atoms with E-state index >= 15 is 0 Å². The van der Waals surface area contributed by atoms with Crippen molar-refractivity contribution in [2.75, 3.05) is 20.2 Å². The first-order valence-electron chi connectivity index (χ1n) is 5.07. The smallest absolute Gasteiger partial charge is 0.225 e. The Kier molecular flexibility index (Phi) is 3.38. The van der Waals surface area contributed by atoms with Crippen molar-refractivity contribution in [3.63, 3.8) is 0 Å². The Morgan fingerprint density at radius 3 is 3.07 bits per heavy atom. The highest BCUT2D eigenvalue weighted by Crippen LogP contribution is 2.24. The van der Waals surface area contributed by atoms with Gasteiger partial charge >= 0.3 is 0 Å². The molecule has 0 atom stereocenters. The summed E-state index contributed by atoms with van der Waals surface area (Å²) in [6.07, 6.45) is 4.22. The van der Waals surface area contributed by atoms with E-state index in [-0.39, 0.29) is 5.28 Å². The summed E-state index contributed by atoms with van der Waals surface area (Å²) in [7, 11) is 2.12. The number of hydrogen-bond acceptors (Lipinski definition) is 4. The lowest BCUT2D eigenvalue weighted by Gasteiger charge is -2.15. The molecule has 1 aliphatic carbocycles. The average molecular weight is 228 g/mol. The van der Waals surface area contributed by atoms with Crippen LogP contribution in [-0.2, 0) is 0 Å². The monoisotopic (exact) mass is 227 g/mol. The third-order valence-electron chi connectivity index (χ3n) is 2.46. The molecule has 1 aromatic rings. The molecule has 1 saturated carbocycles. The number of hydrogen-bond donors (Lipinski definition) is 0. The fourth-order valence-corrected chi connectivity index (χ4v) is 1.53. The SMILES string of the molecule is CN(CCOc1ccnc(Cl)n1)C1CC1. The lowest BCUT2D eigenvalue weighted by molar-refractivity contribution is 0.226. The second-order valence-corrected chi connectivity index (χ2v) is 4.06. The summed E-state index contributed by atoms with van der Waals surface area (Å²) >= 11 is 5.63. The van der Waals surface area contributed by atoms with Crippen molar-refractivity contribution in [3.8, 4) is 5.88 Å². The minimum Gasteiger partial charge on any atom is -0.476 e. The Bertz CT molecular complexity index is 330. The first-order valence-corrected chi connectivity index (χ1v) is 5.45. The van der Waals surface area contributed by atoms with E-state index < -0.39 is 0 Å². The molecule has 4 nitrogen and oxygen atoms in total. The topological polar surface area (TPSA) is 38.2 Å². The van der Waals surface area contributed by atoms with E-state index in [9.17, 15) is 0 Å². The van der Waals surface area contributed by atoms with Gasteiger partial charge < -0.3 is 9.64 Å². The maximum Gasteiger partial charge on any atom is 0.225 e. The summed E-state index contributed by atoms with van der Waals surface area (Å²) in [5.74, 6) is 0.541. The van der Waals surface area contributed by atoms with Crippen molar-refractivity contribution in [2.45, 2.75) is 18.9 Å². The molecule has 0 radical (unpaired) electrons. The highest BCUT2D eigenvalue weighted by molar-refractivity contribution is 6.28. The molecule has 0 spiro atoms. The summed E-state index contributed by atoms with van der Waals surface area (Å²) in [4.78, 5) is 10.0. The van der Waals surface area contributed by atoms with Crippen LogP contribution in [0, 0.1) is 0 Å². The van der Waals surface area contributed by atoms with Gasteiger partial charge in [-0.25, -0.2) is 4.98 Å². The minimum absolute atomic E-state index is 0.225. The van der Waals surface area contributed by atoms with Gasteiger partial charge in [-0.05, 0) is 31.5 Å². The number of likely N-dealkylation sites (N-methyl/N-ethyl adjacent to an activating group) is 1. The van der Waals surface area contributed by atoms with Crippen molar-refractivity contribution in [1.82, 2.24) is 14.9 Å². The maximum atomic E-state index is 5.63. The van der Waals surface area contributed by atoms with Crippen LogP contribution in [0.4, 0.5) is 0 Å². The molecule has 0 saturated heterocycles. The summed E-state index contributed by atoms with van der Waals surface area (Å²) in [6, 6.07) is 2.48. The second kappa shape index (κ2) is 4.77. The maximum absolute atomic E-state index is 5.63. The molecule has 1 aromatic heterocycles. The lowest BCUT2D eigenvalue weighted by atomic mass is 10.5. The van der Waals surface area contributed by atoms with E-state index in [2.05, 4.69) is 21.9 Å². The van der Waals surface area contributed by atoms with E-state index in [4.69, 9.17) is 16.3 Å². The van der Waals surface area contributed by atoms with Crippen molar-refractivity contribution in [3.05, 3.63) is 17.5 Å². The molecule has 1 aliphatic rings. The van der Waals surface area contributed by atoms with Crippen molar-refractivity contribution in [2.24, 2.45) is 0 Å². The van der Waals surface area contributed by atoms with Gasteiger partial charge in [-0.3, -0.25) is 0 Å². The van der Waals surface area contributed by atoms with Crippen LogP contribution in [-0.4, -0.2) is 41.1 Å². The third-order valence-corrected chi connectivity index (χ3v) is 2.65. The lowest BCUT2D eigenvalue weighted by Crippen LogP contribution is -2.26. The second-order valence-electron chi connectivity index (χ2n) is 3.72. The Labute approximate surface area is 94.2 Å². The van der Waals surface area contributed by atoms with Gasteiger partial charge in [0, 0.05) is 24.8 Å². The van der Waals surface area contributed by atoms with Gasteiger partial charge in [0.15, 0.2) is 0 Å². The first-order chi connectivity index (χ1) is 7.25.